The van der Waals surface area contributed by atoms with Crippen LogP contribution in [-0.2, 0) is 23.1 Å². The van der Waals surface area contributed by atoms with Crippen molar-refractivity contribution in [2.75, 3.05) is 19.8 Å². The van der Waals surface area contributed by atoms with E-state index in [1.54, 1.807) is 0 Å². The summed E-state index contributed by atoms with van der Waals surface area (Å²) in [7, 11) is -2.49. The molecule has 26 heavy (non-hydrogen) atoms. The smallest absolute Gasteiger partial charge is 0.330 e. The predicted molar refractivity (Wildman–Crippen MR) is 111 cm³/mol. The van der Waals surface area contributed by atoms with Gasteiger partial charge in [0, 0.05) is 22.2 Å². The van der Waals surface area contributed by atoms with Gasteiger partial charge in [-0.25, -0.2) is 4.79 Å². The fraction of sp³-hybridized carbons (Fsp3) is 0.824. The van der Waals surface area contributed by atoms with Crippen LogP contribution in [0.25, 0.3) is 0 Å². The number of esters is 1. The molecule has 0 saturated heterocycles. The first kappa shape index (κ1) is 25.7. The second kappa shape index (κ2) is 13.0. The van der Waals surface area contributed by atoms with Crippen LogP contribution >= 0.6 is 0 Å². The highest BCUT2D eigenvalue weighted by Gasteiger charge is 2.26. The van der Waals surface area contributed by atoms with E-state index in [1.807, 2.05) is 0 Å². The molecule has 0 aliphatic heterocycles. The van der Waals surface area contributed by atoms with Crippen LogP contribution < -0.4 is 0 Å². The summed E-state index contributed by atoms with van der Waals surface area (Å²) in [6.07, 6.45) is 1.10. The van der Waals surface area contributed by atoms with Crippen molar-refractivity contribution in [3.8, 4) is 0 Å². The molecule has 152 valence electrons. The van der Waals surface area contributed by atoms with Gasteiger partial charge in [-0.3, -0.25) is 0 Å². The van der Waals surface area contributed by atoms with Gasteiger partial charge in [0.05, 0.1) is 6.61 Å². The van der Waals surface area contributed by atoms with Gasteiger partial charge >= 0.3 is 5.97 Å². The summed E-state index contributed by atoms with van der Waals surface area (Å²) in [4.78, 5) is 10.9. The van der Waals surface area contributed by atoms with E-state index in [-0.39, 0.29) is 19.5 Å². The Labute approximate surface area is 163 Å². The van der Waals surface area contributed by atoms with Crippen LogP contribution in [0.2, 0.25) is 51.4 Å². The maximum Gasteiger partial charge on any atom is 0.330 e. The normalized spacial score (nSPS) is 13.7. The zero-order chi connectivity index (χ0) is 20.2. The van der Waals surface area contributed by atoms with Gasteiger partial charge in [-0.2, -0.15) is 0 Å². The van der Waals surface area contributed by atoms with Gasteiger partial charge in [0.2, 0.25) is 0 Å². The molecule has 0 spiro atoms. The predicted octanol–water partition coefficient (Wildman–Crippen LogP) is 3.05. The molecule has 0 bridgehead atoms. The summed E-state index contributed by atoms with van der Waals surface area (Å²) in [5.41, 5.74) is 0. The first-order valence-corrected chi connectivity index (χ1v) is 17.3. The molecule has 0 aliphatic carbocycles. The summed E-state index contributed by atoms with van der Waals surface area (Å²) in [5, 5.41) is 9.63. The van der Waals surface area contributed by atoms with Crippen LogP contribution in [0.15, 0.2) is 12.7 Å². The standard InChI is InChI=1S/C17H36O6Si3/c1-8-16(19)21-13-15(18)12-20-10-9-11-24-14-17(22-25(2,3)4)23-26(5,6)7/h8,15,17-18H,1,9-14H2,2-7H3. The number of hydrogen-bond acceptors (Lipinski definition) is 6. The van der Waals surface area contributed by atoms with E-state index in [2.05, 4.69) is 45.9 Å². The van der Waals surface area contributed by atoms with E-state index in [4.69, 9.17) is 18.3 Å². The van der Waals surface area contributed by atoms with Crippen molar-refractivity contribution in [3.63, 3.8) is 0 Å². The lowest BCUT2D eigenvalue weighted by Gasteiger charge is -2.31. The van der Waals surface area contributed by atoms with Gasteiger partial charge in [0.15, 0.2) is 16.6 Å². The van der Waals surface area contributed by atoms with Gasteiger partial charge in [-0.05, 0) is 51.7 Å². The average Bonchev–Trinajstić information content (AvgIpc) is 2.48. The summed E-state index contributed by atoms with van der Waals surface area (Å²) in [6, 6.07) is 1.97. The zero-order valence-electron chi connectivity index (χ0n) is 17.2. The van der Waals surface area contributed by atoms with Crippen molar-refractivity contribution < 1.29 is 28.2 Å². The van der Waals surface area contributed by atoms with Crippen molar-refractivity contribution in [3.05, 3.63) is 12.7 Å². The van der Waals surface area contributed by atoms with Crippen LogP contribution in [0.5, 0.6) is 0 Å². The molecule has 0 fully saturated rings. The highest BCUT2D eigenvalue weighted by atomic mass is 28.4. The summed E-state index contributed by atoms with van der Waals surface area (Å²) in [5.74, 6) is -0.541. The molecule has 0 aromatic heterocycles. The molecule has 2 radical (unpaired) electrons. The number of carbonyl (C=O) groups excluding carboxylic acids is 1. The quantitative estimate of drug-likeness (QED) is 0.144. The number of ether oxygens (including phenoxy) is 2. The SMILES string of the molecule is C=CC(=O)OCC(O)COCCC[Si]CC(O[Si](C)(C)C)O[Si](C)(C)C. The zero-order valence-corrected chi connectivity index (χ0v) is 20.2. The first-order valence-electron chi connectivity index (χ1n) is 9.04. The number of aliphatic hydroxyl groups excluding tert-OH is 1. The molecule has 1 N–H and O–H groups in total. The van der Waals surface area contributed by atoms with Crippen LogP contribution in [0.1, 0.15) is 6.42 Å². The van der Waals surface area contributed by atoms with E-state index < -0.39 is 28.7 Å². The van der Waals surface area contributed by atoms with E-state index in [1.165, 1.54) is 0 Å². The van der Waals surface area contributed by atoms with Gasteiger partial charge < -0.3 is 23.4 Å². The topological polar surface area (TPSA) is 74.2 Å². The number of hydrogen-bond donors (Lipinski definition) is 1. The largest absolute Gasteiger partial charge is 0.460 e. The third-order valence-corrected chi connectivity index (χ3v) is 6.09. The molecule has 0 aromatic carbocycles. The van der Waals surface area contributed by atoms with Crippen LogP contribution in [0.4, 0.5) is 0 Å². The summed E-state index contributed by atoms with van der Waals surface area (Å²) < 4.78 is 22.5. The van der Waals surface area contributed by atoms with E-state index in [9.17, 15) is 9.90 Å². The molecule has 0 heterocycles. The van der Waals surface area contributed by atoms with Gasteiger partial charge in [-0.15, -0.1) is 0 Å². The fourth-order valence-corrected chi connectivity index (χ4v) is 5.19. The molecule has 0 amide bonds. The van der Waals surface area contributed by atoms with Crippen molar-refractivity contribution in [2.24, 2.45) is 0 Å². The van der Waals surface area contributed by atoms with Crippen molar-refractivity contribution in [2.45, 2.75) is 70.2 Å². The molecule has 9 heteroatoms. The molecule has 0 saturated carbocycles. The molecule has 0 aliphatic rings. The van der Waals surface area contributed by atoms with Gasteiger partial charge in [0.25, 0.3) is 0 Å². The molecular formula is C17H36O6Si3. The van der Waals surface area contributed by atoms with Crippen molar-refractivity contribution in [1.29, 1.82) is 0 Å². The minimum atomic E-state index is -1.63. The first-order chi connectivity index (χ1) is 11.9. The third-order valence-electron chi connectivity index (χ3n) is 2.82. The maximum atomic E-state index is 10.9. The lowest BCUT2D eigenvalue weighted by Crippen LogP contribution is -2.40. The van der Waals surface area contributed by atoms with E-state index >= 15 is 0 Å². The minimum absolute atomic E-state index is 0.0731. The lowest BCUT2D eigenvalue weighted by molar-refractivity contribution is -0.141. The third kappa shape index (κ3) is 17.1. The molecule has 6 nitrogen and oxygen atoms in total. The Kier molecular flexibility index (Phi) is 12.8. The molecule has 0 rings (SSSR count). The Bertz CT molecular complexity index is 390. The Hall–Kier alpha value is -0.299. The minimum Gasteiger partial charge on any atom is -0.460 e. The molecule has 1 unspecified atom stereocenters. The van der Waals surface area contributed by atoms with Gasteiger partial charge in [-0.1, -0.05) is 12.6 Å². The fourth-order valence-electron chi connectivity index (χ4n) is 1.92. The maximum absolute atomic E-state index is 10.9. The highest BCUT2D eigenvalue weighted by Crippen LogP contribution is 2.17. The van der Waals surface area contributed by atoms with Crippen LogP contribution in [0.3, 0.4) is 0 Å². The van der Waals surface area contributed by atoms with E-state index in [0.717, 1.165) is 34.1 Å². The monoisotopic (exact) mass is 420 g/mol. The molecule has 0 aromatic rings. The Morgan fingerprint density at radius 3 is 2.19 bits per heavy atom. The second-order valence-electron chi connectivity index (χ2n) is 8.01. The Morgan fingerprint density at radius 2 is 1.69 bits per heavy atom. The summed E-state index contributed by atoms with van der Waals surface area (Å²) in [6.45, 7) is 17.1. The van der Waals surface area contributed by atoms with Crippen LogP contribution in [-0.4, -0.2) is 69.4 Å². The average molecular weight is 421 g/mol. The number of carbonyl (C=O) groups is 1. The number of aliphatic hydroxyl groups is 1. The molecular weight excluding hydrogens is 384 g/mol. The Morgan fingerprint density at radius 1 is 1.12 bits per heavy atom. The highest BCUT2D eigenvalue weighted by molar-refractivity contribution is 6.70. The Balaban J connectivity index is 3.86. The lowest BCUT2D eigenvalue weighted by atomic mass is 10.4. The second-order valence-corrected chi connectivity index (χ2v) is 18.3. The summed E-state index contributed by atoms with van der Waals surface area (Å²) >= 11 is 0. The van der Waals surface area contributed by atoms with Crippen molar-refractivity contribution >= 4 is 32.1 Å². The van der Waals surface area contributed by atoms with Crippen LogP contribution in [0, 0.1) is 0 Å². The van der Waals surface area contributed by atoms with E-state index in [0.29, 0.717) is 6.61 Å². The number of rotatable bonds is 15. The van der Waals surface area contributed by atoms with Gasteiger partial charge in [0.1, 0.15) is 19.0 Å². The molecule has 1 atom stereocenters. The van der Waals surface area contributed by atoms with Crippen molar-refractivity contribution in [1.82, 2.24) is 0 Å².